The molecule has 0 aliphatic rings. The largest absolute Gasteiger partial charge is 0.313 e. The molecular formula is C8H17NS. The van der Waals surface area contributed by atoms with Crippen molar-refractivity contribution in [2.24, 2.45) is 0 Å². The van der Waals surface area contributed by atoms with Crippen LogP contribution in [0.25, 0.3) is 0 Å². The monoisotopic (exact) mass is 159 g/mol. The molecule has 60 valence electrons. The Balaban J connectivity index is 2.65. The predicted molar refractivity (Wildman–Crippen MR) is 50.1 cm³/mol. The van der Waals surface area contributed by atoms with Crippen molar-refractivity contribution in [3.05, 3.63) is 13.3 Å². The third-order valence-electron chi connectivity index (χ3n) is 1.23. The highest BCUT2D eigenvalue weighted by Crippen LogP contribution is 1.93. The van der Waals surface area contributed by atoms with E-state index in [1.165, 1.54) is 12.2 Å². The molecule has 0 aromatic rings. The smallest absolute Gasteiger partial charge is 0.0694 e. The Labute approximate surface area is 69.0 Å². The second-order valence-corrected chi connectivity index (χ2v) is 3.16. The zero-order valence-electron chi connectivity index (χ0n) is 6.73. The summed E-state index contributed by atoms with van der Waals surface area (Å²) in [6.45, 7) is 5.88. The minimum Gasteiger partial charge on any atom is -0.313 e. The fourth-order valence-electron chi connectivity index (χ4n) is 0.671. The summed E-state index contributed by atoms with van der Waals surface area (Å²) in [5.74, 6) is 1.26. The number of hydrogen-bond donors (Lipinski definition) is 1. The molecular weight excluding hydrogens is 142 g/mol. The summed E-state index contributed by atoms with van der Waals surface area (Å²) < 4.78 is 0. The average molecular weight is 159 g/mol. The van der Waals surface area contributed by atoms with E-state index in [1.807, 2.05) is 18.2 Å². The Morgan fingerprint density at radius 2 is 2.30 bits per heavy atom. The molecule has 0 radical (unpaired) electrons. The number of thioether (sulfide) groups is 1. The second kappa shape index (κ2) is 9.18. The molecule has 0 heterocycles. The summed E-state index contributed by atoms with van der Waals surface area (Å²) in [5.41, 5.74) is 0. The van der Waals surface area contributed by atoms with Crippen LogP contribution in [0, 0.1) is 13.3 Å². The van der Waals surface area contributed by atoms with Crippen molar-refractivity contribution < 1.29 is 0 Å². The van der Waals surface area contributed by atoms with Gasteiger partial charge in [-0.3, -0.25) is 0 Å². The minimum absolute atomic E-state index is 1.08. The Morgan fingerprint density at radius 3 is 2.90 bits per heavy atom. The van der Waals surface area contributed by atoms with Gasteiger partial charge in [0, 0.05) is 6.54 Å². The summed E-state index contributed by atoms with van der Waals surface area (Å²) >= 11 is 1.91. The average Bonchev–Trinajstić information content (AvgIpc) is 1.97. The lowest BCUT2D eigenvalue weighted by Crippen LogP contribution is -2.16. The second-order valence-electron chi connectivity index (χ2n) is 2.17. The summed E-state index contributed by atoms with van der Waals surface area (Å²) in [4.78, 5) is 0. The van der Waals surface area contributed by atoms with Gasteiger partial charge in [-0.25, -0.2) is 0 Å². The summed E-state index contributed by atoms with van der Waals surface area (Å²) in [6.07, 6.45) is 6.45. The van der Waals surface area contributed by atoms with Crippen molar-refractivity contribution >= 4 is 11.8 Å². The molecule has 0 rings (SSSR count). The van der Waals surface area contributed by atoms with E-state index in [0.717, 1.165) is 19.5 Å². The van der Waals surface area contributed by atoms with Gasteiger partial charge in [0.15, 0.2) is 0 Å². The van der Waals surface area contributed by atoms with Crippen molar-refractivity contribution in [2.75, 3.05) is 25.1 Å². The van der Waals surface area contributed by atoms with Crippen LogP contribution in [-0.2, 0) is 0 Å². The number of hydrogen-bond acceptors (Lipinski definition) is 2. The Morgan fingerprint density at radius 1 is 1.50 bits per heavy atom. The van der Waals surface area contributed by atoms with Crippen LogP contribution in [-0.4, -0.2) is 25.1 Å². The maximum Gasteiger partial charge on any atom is 0.0694 e. The van der Waals surface area contributed by atoms with Gasteiger partial charge >= 0.3 is 0 Å². The van der Waals surface area contributed by atoms with Crippen LogP contribution in [0.3, 0.4) is 0 Å². The minimum atomic E-state index is 1.08. The van der Waals surface area contributed by atoms with Crippen LogP contribution in [0.2, 0.25) is 0 Å². The van der Waals surface area contributed by atoms with Gasteiger partial charge in [0.2, 0.25) is 0 Å². The molecule has 1 nitrogen and oxygen atoms in total. The molecule has 0 unspecified atom stereocenters. The number of unbranched alkanes of at least 4 members (excludes halogenated alkanes) is 1. The molecule has 1 N–H and O–H groups in total. The maximum absolute atomic E-state index is 3.65. The Hall–Kier alpha value is 0.180. The lowest BCUT2D eigenvalue weighted by molar-refractivity contribution is 0.674. The molecule has 0 saturated heterocycles. The summed E-state index contributed by atoms with van der Waals surface area (Å²) in [5, 5.41) is 3.34. The topological polar surface area (TPSA) is 12.0 Å². The molecule has 2 heteroatoms. The SMILES string of the molecule is [CH2-][CH+]CCNCCCSC. The van der Waals surface area contributed by atoms with Gasteiger partial charge in [0.05, 0.1) is 6.42 Å². The Kier molecular flexibility index (Phi) is 9.35. The quantitative estimate of drug-likeness (QED) is 0.449. The lowest BCUT2D eigenvalue weighted by Gasteiger charge is -1.99. The van der Waals surface area contributed by atoms with Crippen LogP contribution < -0.4 is 5.32 Å². The van der Waals surface area contributed by atoms with Crippen LogP contribution in [0.15, 0.2) is 0 Å². The number of nitrogens with one attached hydrogen (secondary N) is 1. The first-order valence-corrected chi connectivity index (χ1v) is 5.11. The highest BCUT2D eigenvalue weighted by atomic mass is 32.2. The third kappa shape index (κ3) is 8.18. The fourth-order valence-corrected chi connectivity index (χ4v) is 1.10. The van der Waals surface area contributed by atoms with Crippen molar-refractivity contribution in [3.63, 3.8) is 0 Å². The first-order valence-electron chi connectivity index (χ1n) is 3.72. The normalized spacial score (nSPS) is 9.80. The van der Waals surface area contributed by atoms with Gasteiger partial charge in [0.25, 0.3) is 0 Å². The van der Waals surface area contributed by atoms with E-state index in [0.29, 0.717) is 0 Å². The standard InChI is InChI=1S/C8H17NS/c1-3-4-6-9-7-5-8-10-2/h3,9H,1,4-8H2,2H3. The molecule has 0 spiro atoms. The molecule has 0 aliphatic carbocycles. The van der Waals surface area contributed by atoms with E-state index < -0.39 is 0 Å². The molecule has 0 bridgehead atoms. The van der Waals surface area contributed by atoms with Gasteiger partial charge < -0.3 is 5.32 Å². The van der Waals surface area contributed by atoms with E-state index in [-0.39, 0.29) is 0 Å². The molecule has 0 fully saturated rings. The van der Waals surface area contributed by atoms with Crippen LogP contribution in [0.5, 0.6) is 0 Å². The summed E-state index contributed by atoms with van der Waals surface area (Å²) in [7, 11) is 0. The molecule has 0 aliphatic heterocycles. The van der Waals surface area contributed by atoms with E-state index in [9.17, 15) is 0 Å². The van der Waals surface area contributed by atoms with E-state index in [2.05, 4.69) is 18.5 Å². The van der Waals surface area contributed by atoms with Crippen molar-refractivity contribution in [3.8, 4) is 0 Å². The third-order valence-corrected chi connectivity index (χ3v) is 1.92. The van der Waals surface area contributed by atoms with Gasteiger partial charge in [0.1, 0.15) is 0 Å². The van der Waals surface area contributed by atoms with Crippen LogP contribution in [0.1, 0.15) is 12.8 Å². The zero-order chi connectivity index (χ0) is 7.66. The lowest BCUT2D eigenvalue weighted by atomic mass is 10.3. The first kappa shape index (κ1) is 10.2. The van der Waals surface area contributed by atoms with Crippen molar-refractivity contribution in [1.82, 2.24) is 5.32 Å². The van der Waals surface area contributed by atoms with Crippen LogP contribution in [0.4, 0.5) is 0 Å². The van der Waals surface area contributed by atoms with Gasteiger partial charge in [-0.1, -0.05) is 6.42 Å². The van der Waals surface area contributed by atoms with Gasteiger partial charge in [-0.2, -0.15) is 11.8 Å². The highest BCUT2D eigenvalue weighted by Gasteiger charge is 1.87. The van der Waals surface area contributed by atoms with E-state index >= 15 is 0 Å². The van der Waals surface area contributed by atoms with Gasteiger partial charge in [-0.15, -0.1) is 6.92 Å². The first-order chi connectivity index (χ1) is 4.91. The highest BCUT2D eigenvalue weighted by molar-refractivity contribution is 7.98. The number of rotatable bonds is 7. The molecule has 0 amide bonds. The molecule has 10 heavy (non-hydrogen) atoms. The van der Waals surface area contributed by atoms with Crippen LogP contribution >= 0.6 is 11.8 Å². The predicted octanol–water partition coefficient (Wildman–Crippen LogP) is 1.76. The molecule has 0 atom stereocenters. The Bertz CT molecular complexity index is 49.2. The van der Waals surface area contributed by atoms with E-state index in [4.69, 9.17) is 0 Å². The van der Waals surface area contributed by atoms with Crippen molar-refractivity contribution in [1.29, 1.82) is 0 Å². The molecule has 0 aromatic carbocycles. The van der Waals surface area contributed by atoms with Crippen molar-refractivity contribution in [2.45, 2.75) is 12.8 Å². The maximum atomic E-state index is 3.65. The van der Waals surface area contributed by atoms with Gasteiger partial charge in [-0.05, 0) is 25.0 Å². The fraction of sp³-hybridized carbons (Fsp3) is 0.750. The molecule has 0 aromatic heterocycles. The summed E-state index contributed by atoms with van der Waals surface area (Å²) in [6, 6.07) is 0. The zero-order valence-corrected chi connectivity index (χ0v) is 7.54. The van der Waals surface area contributed by atoms with E-state index in [1.54, 1.807) is 0 Å². The molecule has 0 saturated carbocycles.